The highest BCUT2D eigenvalue weighted by atomic mass is 16.5. The van der Waals surface area contributed by atoms with Crippen LogP contribution in [-0.4, -0.2) is 79.6 Å². The van der Waals surface area contributed by atoms with Crippen LogP contribution in [0.4, 0.5) is 0 Å². The van der Waals surface area contributed by atoms with Crippen molar-refractivity contribution in [3.05, 3.63) is 35.9 Å². The van der Waals surface area contributed by atoms with E-state index >= 15 is 0 Å². The molecule has 0 aromatic heterocycles. The van der Waals surface area contributed by atoms with Gasteiger partial charge in [0, 0.05) is 58.8 Å². The highest BCUT2D eigenvalue weighted by Crippen LogP contribution is 2.09. The zero-order valence-electron chi connectivity index (χ0n) is 13.8. The number of carbonyl (C=O) groups is 1. The van der Waals surface area contributed by atoms with Crippen LogP contribution in [0.15, 0.2) is 30.3 Å². The summed E-state index contributed by atoms with van der Waals surface area (Å²) in [4.78, 5) is 19.1. The van der Waals surface area contributed by atoms with Gasteiger partial charge in [0.2, 0.25) is 5.91 Å². The molecule has 0 N–H and O–H groups in total. The molecule has 2 heterocycles. The first kappa shape index (κ1) is 16.4. The fourth-order valence-corrected chi connectivity index (χ4v) is 3.23. The molecule has 0 saturated carbocycles. The summed E-state index contributed by atoms with van der Waals surface area (Å²) in [6.45, 7) is 9.01. The van der Waals surface area contributed by atoms with Crippen LogP contribution in [-0.2, 0) is 16.1 Å². The van der Waals surface area contributed by atoms with E-state index in [1.165, 1.54) is 5.56 Å². The van der Waals surface area contributed by atoms with Gasteiger partial charge >= 0.3 is 0 Å². The van der Waals surface area contributed by atoms with Crippen molar-refractivity contribution in [3.63, 3.8) is 0 Å². The number of nitrogens with zero attached hydrogens (tertiary/aromatic N) is 3. The van der Waals surface area contributed by atoms with Gasteiger partial charge in [0.05, 0.1) is 13.2 Å². The van der Waals surface area contributed by atoms with Crippen molar-refractivity contribution in [1.29, 1.82) is 0 Å². The fraction of sp³-hybridized carbons (Fsp3) is 0.611. The zero-order chi connectivity index (χ0) is 15.9. The summed E-state index contributed by atoms with van der Waals surface area (Å²) in [6, 6.07) is 10.6. The first-order chi connectivity index (χ1) is 11.3. The number of rotatable bonds is 5. The van der Waals surface area contributed by atoms with Gasteiger partial charge < -0.3 is 9.64 Å². The summed E-state index contributed by atoms with van der Waals surface area (Å²) in [7, 11) is 0. The Morgan fingerprint density at radius 2 is 1.61 bits per heavy atom. The van der Waals surface area contributed by atoms with Crippen molar-refractivity contribution in [1.82, 2.24) is 14.7 Å². The van der Waals surface area contributed by atoms with Crippen LogP contribution in [0.5, 0.6) is 0 Å². The van der Waals surface area contributed by atoms with Crippen molar-refractivity contribution >= 4 is 5.91 Å². The molecule has 2 saturated heterocycles. The number of amides is 1. The van der Waals surface area contributed by atoms with Gasteiger partial charge in [0.15, 0.2) is 0 Å². The maximum Gasteiger partial charge on any atom is 0.223 e. The van der Waals surface area contributed by atoms with E-state index in [0.29, 0.717) is 12.3 Å². The largest absolute Gasteiger partial charge is 0.379 e. The van der Waals surface area contributed by atoms with Crippen LogP contribution in [0.2, 0.25) is 0 Å². The third-order valence-electron chi connectivity index (χ3n) is 4.72. The highest BCUT2D eigenvalue weighted by Gasteiger charge is 2.21. The molecule has 0 atom stereocenters. The Bertz CT molecular complexity index is 480. The van der Waals surface area contributed by atoms with Crippen molar-refractivity contribution in [2.75, 3.05) is 59.0 Å². The van der Waals surface area contributed by atoms with E-state index in [9.17, 15) is 4.79 Å². The minimum Gasteiger partial charge on any atom is -0.379 e. The summed E-state index contributed by atoms with van der Waals surface area (Å²) < 4.78 is 5.34. The smallest absolute Gasteiger partial charge is 0.223 e. The van der Waals surface area contributed by atoms with E-state index < -0.39 is 0 Å². The van der Waals surface area contributed by atoms with Gasteiger partial charge in [-0.05, 0) is 5.56 Å². The maximum atomic E-state index is 12.4. The maximum absolute atomic E-state index is 12.4. The predicted octanol–water partition coefficient (Wildman–Crippen LogP) is 1.05. The van der Waals surface area contributed by atoms with E-state index in [-0.39, 0.29) is 0 Å². The number of hydrogen-bond donors (Lipinski definition) is 0. The molecule has 126 valence electrons. The molecule has 3 rings (SSSR count). The average molecular weight is 317 g/mol. The monoisotopic (exact) mass is 317 g/mol. The molecule has 0 aliphatic carbocycles. The van der Waals surface area contributed by atoms with Gasteiger partial charge in [0.1, 0.15) is 0 Å². The van der Waals surface area contributed by atoms with Crippen molar-refractivity contribution in [3.8, 4) is 0 Å². The van der Waals surface area contributed by atoms with E-state index in [2.05, 4.69) is 40.1 Å². The molecular weight excluding hydrogens is 290 g/mol. The summed E-state index contributed by atoms with van der Waals surface area (Å²) in [5.41, 5.74) is 1.35. The Morgan fingerprint density at radius 1 is 0.913 bits per heavy atom. The summed E-state index contributed by atoms with van der Waals surface area (Å²) in [5, 5.41) is 0. The minimum absolute atomic E-state index is 0.302. The molecule has 23 heavy (non-hydrogen) atoms. The Kier molecular flexibility index (Phi) is 6.02. The zero-order valence-corrected chi connectivity index (χ0v) is 13.8. The lowest BCUT2D eigenvalue weighted by molar-refractivity contribution is -0.133. The van der Waals surface area contributed by atoms with Crippen LogP contribution in [0, 0.1) is 0 Å². The van der Waals surface area contributed by atoms with Crippen LogP contribution < -0.4 is 0 Å². The SMILES string of the molecule is O=C(CCN1CCOCC1)N1CCN(Cc2ccccc2)CC1. The highest BCUT2D eigenvalue weighted by molar-refractivity contribution is 5.76. The molecule has 5 heteroatoms. The Labute approximate surface area is 138 Å². The predicted molar refractivity (Wildman–Crippen MR) is 90.2 cm³/mol. The number of morpholine rings is 1. The van der Waals surface area contributed by atoms with E-state index in [0.717, 1.165) is 65.6 Å². The number of benzene rings is 1. The average Bonchev–Trinajstić information content (AvgIpc) is 2.62. The molecule has 1 aromatic rings. The van der Waals surface area contributed by atoms with Crippen LogP contribution >= 0.6 is 0 Å². The molecule has 0 spiro atoms. The van der Waals surface area contributed by atoms with Gasteiger partial charge in [-0.1, -0.05) is 30.3 Å². The second kappa shape index (κ2) is 8.43. The molecule has 0 radical (unpaired) electrons. The standard InChI is InChI=1S/C18H27N3O2/c22-18(6-7-19-12-14-23-15-13-19)21-10-8-20(9-11-21)16-17-4-2-1-3-5-17/h1-5H,6-16H2. The molecule has 0 unspecified atom stereocenters. The first-order valence-corrected chi connectivity index (χ1v) is 8.65. The number of hydrogen-bond acceptors (Lipinski definition) is 4. The van der Waals surface area contributed by atoms with E-state index in [1.54, 1.807) is 0 Å². The van der Waals surface area contributed by atoms with Crippen LogP contribution in [0.3, 0.4) is 0 Å². The molecule has 2 aliphatic rings. The molecule has 0 bridgehead atoms. The molecule has 1 aromatic carbocycles. The third-order valence-corrected chi connectivity index (χ3v) is 4.72. The summed E-state index contributed by atoms with van der Waals surface area (Å²) in [6.07, 6.45) is 0.638. The quantitative estimate of drug-likeness (QED) is 0.813. The minimum atomic E-state index is 0.302. The van der Waals surface area contributed by atoms with Crippen molar-refractivity contribution in [2.24, 2.45) is 0 Å². The Balaban J connectivity index is 1.37. The number of ether oxygens (including phenoxy) is 1. The second-order valence-corrected chi connectivity index (χ2v) is 6.35. The fourth-order valence-electron chi connectivity index (χ4n) is 3.23. The van der Waals surface area contributed by atoms with Gasteiger partial charge in [-0.2, -0.15) is 0 Å². The lowest BCUT2D eigenvalue weighted by atomic mass is 10.2. The molecule has 5 nitrogen and oxygen atoms in total. The van der Waals surface area contributed by atoms with E-state index in [4.69, 9.17) is 4.74 Å². The van der Waals surface area contributed by atoms with Gasteiger partial charge in [-0.15, -0.1) is 0 Å². The van der Waals surface area contributed by atoms with E-state index in [1.807, 2.05) is 4.90 Å². The number of piperazine rings is 1. The molecule has 2 fully saturated rings. The van der Waals surface area contributed by atoms with Crippen LogP contribution in [0.1, 0.15) is 12.0 Å². The molecule has 2 aliphatic heterocycles. The number of carbonyl (C=O) groups excluding carboxylic acids is 1. The van der Waals surface area contributed by atoms with Crippen LogP contribution in [0.25, 0.3) is 0 Å². The molecular formula is C18H27N3O2. The second-order valence-electron chi connectivity index (χ2n) is 6.35. The lowest BCUT2D eigenvalue weighted by Gasteiger charge is -2.35. The topological polar surface area (TPSA) is 36.0 Å². The van der Waals surface area contributed by atoms with Crippen molar-refractivity contribution < 1.29 is 9.53 Å². The third kappa shape index (κ3) is 5.03. The Hall–Kier alpha value is -1.43. The lowest BCUT2D eigenvalue weighted by Crippen LogP contribution is -2.49. The van der Waals surface area contributed by atoms with Gasteiger partial charge in [-0.25, -0.2) is 0 Å². The summed E-state index contributed by atoms with van der Waals surface area (Å²) in [5.74, 6) is 0.302. The van der Waals surface area contributed by atoms with Gasteiger partial charge in [-0.3, -0.25) is 14.6 Å². The van der Waals surface area contributed by atoms with Gasteiger partial charge in [0.25, 0.3) is 0 Å². The first-order valence-electron chi connectivity index (χ1n) is 8.65. The normalized spacial score (nSPS) is 20.6. The Morgan fingerprint density at radius 3 is 2.30 bits per heavy atom. The van der Waals surface area contributed by atoms with Crippen molar-refractivity contribution in [2.45, 2.75) is 13.0 Å². The summed E-state index contributed by atoms with van der Waals surface area (Å²) >= 11 is 0. The molecule has 1 amide bonds.